The minimum Gasteiger partial charge on any atom is -0.426 e. The maximum absolute atomic E-state index is 6.71. The highest BCUT2D eigenvalue weighted by molar-refractivity contribution is 7.42. The first kappa shape index (κ1) is 40.5. The molecule has 0 saturated carbocycles. The molecule has 2 fully saturated rings. The van der Waals surface area contributed by atoms with Crippen molar-refractivity contribution in [3.05, 3.63) is 57.6 Å². The van der Waals surface area contributed by atoms with Crippen molar-refractivity contribution in [2.24, 2.45) is 11.3 Å². The van der Waals surface area contributed by atoms with E-state index in [0.717, 1.165) is 17.9 Å². The van der Waals surface area contributed by atoms with Gasteiger partial charge in [0, 0.05) is 22.3 Å². The molecule has 8 heteroatoms. The van der Waals surface area contributed by atoms with Crippen molar-refractivity contribution < 1.29 is 27.1 Å². The molecule has 0 radical (unpaired) electrons. The molecule has 276 valence electrons. The van der Waals surface area contributed by atoms with Crippen molar-refractivity contribution in [1.29, 1.82) is 0 Å². The van der Waals surface area contributed by atoms with E-state index in [1.165, 1.54) is 33.4 Å². The average Bonchev–Trinajstić information content (AvgIpc) is 2.93. The third-order valence-electron chi connectivity index (χ3n) is 9.22. The summed E-state index contributed by atoms with van der Waals surface area (Å²) < 4.78 is 38.9. The summed E-state index contributed by atoms with van der Waals surface area (Å²) in [4.78, 5) is 0. The van der Waals surface area contributed by atoms with Crippen LogP contribution in [0.5, 0.6) is 11.5 Å². The van der Waals surface area contributed by atoms with Crippen molar-refractivity contribution in [2.75, 3.05) is 26.4 Å². The van der Waals surface area contributed by atoms with Crippen molar-refractivity contribution in [3.8, 4) is 11.5 Å². The van der Waals surface area contributed by atoms with Gasteiger partial charge in [0.2, 0.25) is 0 Å². The maximum atomic E-state index is 6.71. The SMILES string of the molecule is CC(C)Cc1cc(C(C)(C)C)c(OP2OCC3(CO2)COP(Oc2c(C(C)(C)C)cc(C(C)(C)C)cc2C(C)(C)C)OC3)c(C(C)(C)C)c1. The zero-order valence-corrected chi connectivity index (χ0v) is 35.6. The Bertz CT molecular complexity index is 1380. The van der Waals surface area contributed by atoms with Crippen LogP contribution in [0.1, 0.15) is 151 Å². The molecule has 0 bridgehead atoms. The molecule has 2 heterocycles. The molecular formula is C41H66O6P2. The first-order valence-electron chi connectivity index (χ1n) is 18.0. The first-order valence-corrected chi connectivity index (χ1v) is 20.2. The van der Waals surface area contributed by atoms with E-state index in [2.05, 4.69) is 142 Å². The molecule has 0 N–H and O–H groups in total. The van der Waals surface area contributed by atoms with E-state index in [0.29, 0.717) is 32.3 Å². The lowest BCUT2D eigenvalue weighted by Gasteiger charge is -2.42. The third-order valence-corrected chi connectivity index (χ3v) is 11.2. The summed E-state index contributed by atoms with van der Waals surface area (Å²) >= 11 is 0. The van der Waals surface area contributed by atoms with Crippen LogP contribution in [0.15, 0.2) is 24.3 Å². The molecule has 4 rings (SSSR count). The third kappa shape index (κ3) is 10.00. The Balaban J connectivity index is 1.51. The lowest BCUT2D eigenvalue weighted by atomic mass is 9.75. The van der Waals surface area contributed by atoms with Crippen molar-refractivity contribution in [3.63, 3.8) is 0 Å². The van der Waals surface area contributed by atoms with Crippen molar-refractivity contribution in [2.45, 2.75) is 151 Å². The van der Waals surface area contributed by atoms with Crippen LogP contribution >= 0.6 is 17.2 Å². The summed E-state index contributed by atoms with van der Waals surface area (Å²) in [5.74, 6) is 2.34. The fourth-order valence-electron chi connectivity index (χ4n) is 6.10. The Kier molecular flexibility index (Phi) is 11.8. The molecule has 0 unspecified atom stereocenters. The lowest BCUT2D eigenvalue weighted by molar-refractivity contribution is -0.0674. The van der Waals surface area contributed by atoms with Crippen LogP contribution in [0.2, 0.25) is 0 Å². The zero-order chi connectivity index (χ0) is 37.0. The summed E-state index contributed by atoms with van der Waals surface area (Å²) in [6.07, 6.45) is 1.03. The predicted molar refractivity (Wildman–Crippen MR) is 206 cm³/mol. The Labute approximate surface area is 301 Å². The second kappa shape index (κ2) is 14.3. The van der Waals surface area contributed by atoms with Gasteiger partial charge in [0.15, 0.2) is 0 Å². The Morgan fingerprint density at radius 2 is 0.837 bits per heavy atom. The summed E-state index contributed by atoms with van der Waals surface area (Å²) in [5, 5.41) is 0. The molecule has 0 aliphatic carbocycles. The Morgan fingerprint density at radius 3 is 1.10 bits per heavy atom. The number of hydrogen-bond acceptors (Lipinski definition) is 6. The second-order valence-corrected chi connectivity index (χ2v) is 22.3. The standard InChI is InChI=1S/C41H66O6P2/c1-27(2)18-28-19-30(37(6,7)8)34(31(20-28)38(9,10)11)46-48-42-23-41(24-43-48)25-44-49(45-26-41)47-35-32(39(12,13)14)21-29(36(3,4)5)22-33(35)40(15,16)17/h19-22,27H,18,23-26H2,1-17H3. The number of rotatable bonds is 6. The maximum Gasteiger partial charge on any atom is 0.397 e. The van der Waals surface area contributed by atoms with E-state index in [-0.39, 0.29) is 27.1 Å². The predicted octanol–water partition coefficient (Wildman–Crippen LogP) is 12.4. The van der Waals surface area contributed by atoms with Crippen LogP contribution in [-0.4, -0.2) is 26.4 Å². The van der Waals surface area contributed by atoms with Gasteiger partial charge in [-0.1, -0.05) is 142 Å². The van der Waals surface area contributed by atoms with Gasteiger partial charge in [0.05, 0.1) is 31.8 Å². The monoisotopic (exact) mass is 716 g/mol. The molecular weight excluding hydrogens is 650 g/mol. The van der Waals surface area contributed by atoms with Gasteiger partial charge in [0.25, 0.3) is 0 Å². The molecule has 2 aliphatic heterocycles. The summed E-state index contributed by atoms with van der Waals surface area (Å²) in [6, 6.07) is 9.27. The van der Waals surface area contributed by atoms with E-state index < -0.39 is 22.6 Å². The molecule has 6 nitrogen and oxygen atoms in total. The van der Waals surface area contributed by atoms with Crippen LogP contribution in [0.3, 0.4) is 0 Å². The highest BCUT2D eigenvalue weighted by Gasteiger charge is 2.46. The van der Waals surface area contributed by atoms with Crippen molar-refractivity contribution in [1.82, 2.24) is 0 Å². The summed E-state index contributed by atoms with van der Waals surface area (Å²) in [5.41, 5.74) is 6.51. The molecule has 0 amide bonds. The smallest absolute Gasteiger partial charge is 0.397 e. The van der Waals surface area contributed by atoms with Gasteiger partial charge < -0.3 is 27.1 Å². The number of benzene rings is 2. The molecule has 49 heavy (non-hydrogen) atoms. The normalized spacial score (nSPS) is 22.9. The largest absolute Gasteiger partial charge is 0.426 e. The van der Waals surface area contributed by atoms with E-state index in [4.69, 9.17) is 27.1 Å². The fourth-order valence-corrected chi connectivity index (χ4v) is 8.67. The molecule has 2 aliphatic rings. The molecule has 2 saturated heterocycles. The van der Waals surface area contributed by atoms with Crippen LogP contribution in [0, 0.1) is 11.3 Å². The Hall–Kier alpha value is -1.26. The minimum atomic E-state index is -1.60. The lowest BCUT2D eigenvalue weighted by Crippen LogP contribution is -2.45. The van der Waals surface area contributed by atoms with Gasteiger partial charge in [-0.05, 0) is 50.5 Å². The fraction of sp³-hybridized carbons (Fsp3) is 0.707. The van der Waals surface area contributed by atoms with E-state index in [1.54, 1.807) is 0 Å². The highest BCUT2D eigenvalue weighted by Crippen LogP contribution is 2.56. The quantitative estimate of drug-likeness (QED) is 0.277. The summed E-state index contributed by atoms with van der Waals surface area (Å²) in [7, 11) is -3.18. The van der Waals surface area contributed by atoms with Crippen LogP contribution in [0.25, 0.3) is 0 Å². The zero-order valence-electron chi connectivity index (χ0n) is 33.8. The molecule has 0 aromatic heterocycles. The number of hydrogen-bond donors (Lipinski definition) is 0. The summed E-state index contributed by atoms with van der Waals surface area (Å²) in [6.45, 7) is 40.0. The van der Waals surface area contributed by atoms with E-state index in [1.807, 2.05) is 0 Å². The average molecular weight is 717 g/mol. The molecule has 0 atom stereocenters. The molecule has 2 aromatic rings. The minimum absolute atomic E-state index is 0.0119. The van der Waals surface area contributed by atoms with Gasteiger partial charge in [-0.25, -0.2) is 0 Å². The van der Waals surface area contributed by atoms with E-state index >= 15 is 0 Å². The van der Waals surface area contributed by atoms with Gasteiger partial charge in [0.1, 0.15) is 11.5 Å². The van der Waals surface area contributed by atoms with Crippen molar-refractivity contribution >= 4 is 17.2 Å². The Morgan fingerprint density at radius 1 is 0.531 bits per heavy atom. The molecule has 1 spiro atoms. The van der Waals surface area contributed by atoms with Crippen LogP contribution < -0.4 is 9.05 Å². The first-order chi connectivity index (χ1) is 22.2. The van der Waals surface area contributed by atoms with Gasteiger partial charge in [-0.3, -0.25) is 0 Å². The van der Waals surface area contributed by atoms with Crippen LogP contribution in [-0.2, 0) is 51.6 Å². The van der Waals surface area contributed by atoms with Gasteiger partial charge in [-0.2, -0.15) is 0 Å². The van der Waals surface area contributed by atoms with Gasteiger partial charge in [-0.15, -0.1) is 0 Å². The molecule has 2 aromatic carbocycles. The van der Waals surface area contributed by atoms with E-state index in [9.17, 15) is 0 Å². The highest BCUT2D eigenvalue weighted by atomic mass is 31.2. The topological polar surface area (TPSA) is 55.4 Å². The van der Waals surface area contributed by atoms with Gasteiger partial charge >= 0.3 is 17.2 Å². The second-order valence-electron chi connectivity index (χ2n) is 20.0. The van der Waals surface area contributed by atoms with Crippen LogP contribution in [0.4, 0.5) is 0 Å².